The zero-order valence-electron chi connectivity index (χ0n) is 13.1. The minimum atomic E-state index is -0.259. The lowest BCUT2D eigenvalue weighted by Crippen LogP contribution is -2.38. The highest BCUT2D eigenvalue weighted by Crippen LogP contribution is 2.31. The Labute approximate surface area is 132 Å². The van der Waals surface area contributed by atoms with E-state index in [1.165, 1.54) is 11.1 Å². The van der Waals surface area contributed by atoms with E-state index in [0.29, 0.717) is 12.5 Å². The molecule has 3 heteroatoms. The highest BCUT2D eigenvalue weighted by molar-refractivity contribution is 5.84. The number of fused-ring (bicyclic) bond motifs is 1. The summed E-state index contributed by atoms with van der Waals surface area (Å²) in [6.07, 6.45) is 0. The molecule has 2 unspecified atom stereocenters. The van der Waals surface area contributed by atoms with Crippen LogP contribution in [-0.4, -0.2) is 24.4 Å². The normalized spacial score (nSPS) is 21.4. The van der Waals surface area contributed by atoms with Crippen LogP contribution in [0.2, 0.25) is 0 Å². The molecule has 0 fully saturated rings. The Morgan fingerprint density at radius 3 is 2.36 bits per heavy atom. The molecule has 2 aromatic rings. The van der Waals surface area contributed by atoms with Crippen LogP contribution in [-0.2, 0) is 11.3 Å². The molecular formula is C19H22N2O. The Hall–Kier alpha value is -2.13. The molecule has 1 heterocycles. The van der Waals surface area contributed by atoms with Crippen molar-refractivity contribution >= 4 is 5.91 Å². The molecule has 1 aliphatic rings. The lowest BCUT2D eigenvalue weighted by Gasteiger charge is -2.25. The van der Waals surface area contributed by atoms with E-state index in [2.05, 4.69) is 42.6 Å². The number of hydrogen-bond acceptors (Lipinski definition) is 2. The Kier molecular flexibility index (Phi) is 4.25. The highest BCUT2D eigenvalue weighted by atomic mass is 16.2. The van der Waals surface area contributed by atoms with Gasteiger partial charge >= 0.3 is 0 Å². The van der Waals surface area contributed by atoms with Gasteiger partial charge in [-0.3, -0.25) is 4.79 Å². The second-order valence-electron chi connectivity index (χ2n) is 5.96. The summed E-state index contributed by atoms with van der Waals surface area (Å²) in [5.41, 5.74) is 3.55. The van der Waals surface area contributed by atoms with Crippen LogP contribution in [0.3, 0.4) is 0 Å². The number of likely N-dealkylation sites (N-methyl/N-ethyl adjacent to an activating group) is 1. The SMILES string of the molecule is CNC1C(=O)N(Cc2ccccc2)CC(C)c2ccccc21. The van der Waals surface area contributed by atoms with E-state index in [9.17, 15) is 4.79 Å². The molecule has 0 radical (unpaired) electrons. The first-order valence-corrected chi connectivity index (χ1v) is 7.79. The average molecular weight is 294 g/mol. The lowest BCUT2D eigenvalue weighted by molar-refractivity contribution is -0.134. The third kappa shape index (κ3) is 2.77. The largest absolute Gasteiger partial charge is 0.336 e. The zero-order chi connectivity index (χ0) is 15.5. The van der Waals surface area contributed by atoms with Gasteiger partial charge in [-0.05, 0) is 29.7 Å². The van der Waals surface area contributed by atoms with Crippen molar-refractivity contribution in [3.05, 3.63) is 71.3 Å². The molecule has 22 heavy (non-hydrogen) atoms. The van der Waals surface area contributed by atoms with E-state index in [1.54, 1.807) is 0 Å². The maximum Gasteiger partial charge on any atom is 0.244 e. The predicted molar refractivity (Wildman–Crippen MR) is 88.5 cm³/mol. The number of amides is 1. The number of nitrogens with one attached hydrogen (secondary N) is 1. The van der Waals surface area contributed by atoms with Gasteiger partial charge in [0.25, 0.3) is 0 Å². The van der Waals surface area contributed by atoms with Crippen molar-refractivity contribution in [1.82, 2.24) is 10.2 Å². The van der Waals surface area contributed by atoms with Crippen molar-refractivity contribution in [2.75, 3.05) is 13.6 Å². The third-order valence-corrected chi connectivity index (χ3v) is 4.40. The van der Waals surface area contributed by atoms with Gasteiger partial charge in [-0.1, -0.05) is 61.5 Å². The number of carbonyl (C=O) groups is 1. The molecule has 1 amide bonds. The Balaban J connectivity index is 1.94. The summed E-state index contributed by atoms with van der Waals surface area (Å²) >= 11 is 0. The molecule has 0 bridgehead atoms. The lowest BCUT2D eigenvalue weighted by atomic mass is 9.93. The maximum absolute atomic E-state index is 13.0. The fourth-order valence-electron chi connectivity index (χ4n) is 3.28. The van der Waals surface area contributed by atoms with Crippen molar-refractivity contribution in [3.63, 3.8) is 0 Å². The fourth-order valence-corrected chi connectivity index (χ4v) is 3.28. The van der Waals surface area contributed by atoms with Crippen LogP contribution in [0.15, 0.2) is 54.6 Å². The first-order chi connectivity index (χ1) is 10.7. The molecule has 114 valence electrons. The van der Waals surface area contributed by atoms with Crippen molar-refractivity contribution in [2.45, 2.75) is 25.4 Å². The van der Waals surface area contributed by atoms with E-state index < -0.39 is 0 Å². The van der Waals surface area contributed by atoms with Gasteiger partial charge in [0.05, 0.1) is 0 Å². The van der Waals surface area contributed by atoms with Gasteiger partial charge in [0, 0.05) is 13.1 Å². The maximum atomic E-state index is 13.0. The Bertz CT molecular complexity index is 653. The van der Waals surface area contributed by atoms with Crippen LogP contribution >= 0.6 is 0 Å². The predicted octanol–water partition coefficient (Wildman–Crippen LogP) is 3.09. The monoisotopic (exact) mass is 294 g/mol. The molecule has 0 saturated carbocycles. The molecule has 2 aromatic carbocycles. The van der Waals surface area contributed by atoms with Gasteiger partial charge in [-0.25, -0.2) is 0 Å². The van der Waals surface area contributed by atoms with Crippen molar-refractivity contribution in [2.24, 2.45) is 0 Å². The summed E-state index contributed by atoms with van der Waals surface area (Å²) < 4.78 is 0. The molecule has 3 rings (SSSR count). The molecule has 2 atom stereocenters. The number of hydrogen-bond donors (Lipinski definition) is 1. The number of rotatable bonds is 3. The Morgan fingerprint density at radius 1 is 1.05 bits per heavy atom. The van der Waals surface area contributed by atoms with Gasteiger partial charge in [-0.2, -0.15) is 0 Å². The number of nitrogens with zero attached hydrogens (tertiary/aromatic N) is 1. The molecule has 0 aromatic heterocycles. The van der Waals surface area contributed by atoms with E-state index >= 15 is 0 Å². The number of benzene rings is 2. The first-order valence-electron chi connectivity index (χ1n) is 7.79. The van der Waals surface area contributed by atoms with Crippen LogP contribution in [0, 0.1) is 0 Å². The van der Waals surface area contributed by atoms with Crippen LogP contribution in [0.5, 0.6) is 0 Å². The molecular weight excluding hydrogens is 272 g/mol. The third-order valence-electron chi connectivity index (χ3n) is 4.40. The second kappa shape index (κ2) is 6.32. The quantitative estimate of drug-likeness (QED) is 0.943. The molecule has 0 aliphatic carbocycles. The smallest absolute Gasteiger partial charge is 0.244 e. The van der Waals surface area contributed by atoms with Crippen molar-refractivity contribution in [1.29, 1.82) is 0 Å². The topological polar surface area (TPSA) is 32.3 Å². The second-order valence-corrected chi connectivity index (χ2v) is 5.96. The van der Waals surface area contributed by atoms with E-state index in [0.717, 1.165) is 12.1 Å². The zero-order valence-corrected chi connectivity index (χ0v) is 13.1. The molecule has 1 aliphatic heterocycles. The minimum Gasteiger partial charge on any atom is -0.336 e. The van der Waals surface area contributed by atoms with Gasteiger partial charge in [0.1, 0.15) is 6.04 Å². The molecule has 0 saturated heterocycles. The van der Waals surface area contributed by atoms with E-state index in [1.807, 2.05) is 36.2 Å². The van der Waals surface area contributed by atoms with Gasteiger partial charge < -0.3 is 10.2 Å². The highest BCUT2D eigenvalue weighted by Gasteiger charge is 2.32. The van der Waals surface area contributed by atoms with Crippen molar-refractivity contribution < 1.29 is 4.79 Å². The summed E-state index contributed by atoms with van der Waals surface area (Å²) in [5, 5.41) is 3.19. The fraction of sp³-hybridized carbons (Fsp3) is 0.316. The number of carbonyl (C=O) groups excluding carboxylic acids is 1. The van der Waals surface area contributed by atoms with Gasteiger partial charge in [0.2, 0.25) is 5.91 Å². The van der Waals surface area contributed by atoms with E-state index in [4.69, 9.17) is 0 Å². The standard InChI is InChI=1S/C19H22N2O/c1-14-12-21(13-15-8-4-3-5-9-15)19(22)18(20-2)17-11-7-6-10-16(14)17/h3-11,14,18,20H,12-13H2,1-2H3. The van der Waals surface area contributed by atoms with Crippen LogP contribution in [0.25, 0.3) is 0 Å². The minimum absolute atomic E-state index is 0.156. The van der Waals surface area contributed by atoms with Gasteiger partial charge in [0.15, 0.2) is 0 Å². The van der Waals surface area contributed by atoms with Crippen molar-refractivity contribution in [3.8, 4) is 0 Å². The Morgan fingerprint density at radius 2 is 1.68 bits per heavy atom. The van der Waals surface area contributed by atoms with Crippen LogP contribution < -0.4 is 5.32 Å². The first kappa shape index (κ1) is 14.8. The summed E-state index contributed by atoms with van der Waals surface area (Å²) in [5.74, 6) is 0.491. The summed E-state index contributed by atoms with van der Waals surface area (Å²) in [7, 11) is 1.86. The van der Waals surface area contributed by atoms with Gasteiger partial charge in [-0.15, -0.1) is 0 Å². The molecule has 1 N–H and O–H groups in total. The van der Waals surface area contributed by atoms with Crippen LogP contribution in [0.1, 0.15) is 35.6 Å². The summed E-state index contributed by atoms with van der Waals surface area (Å²) in [4.78, 5) is 14.9. The van der Waals surface area contributed by atoms with E-state index in [-0.39, 0.29) is 11.9 Å². The molecule has 3 nitrogen and oxygen atoms in total. The summed E-state index contributed by atoms with van der Waals surface area (Å²) in [6.45, 7) is 3.61. The van der Waals surface area contributed by atoms with Crippen LogP contribution in [0.4, 0.5) is 0 Å². The average Bonchev–Trinajstić information content (AvgIpc) is 2.65. The summed E-state index contributed by atoms with van der Waals surface area (Å²) in [6, 6.07) is 18.2. The molecule has 0 spiro atoms.